The highest BCUT2D eigenvalue weighted by atomic mass is 15.0. The van der Waals surface area contributed by atoms with E-state index in [0.717, 1.165) is 12.8 Å². The van der Waals surface area contributed by atoms with Crippen molar-refractivity contribution in [3.8, 4) is 22.5 Å². The second-order valence-electron chi connectivity index (χ2n) is 14.7. The Bertz CT molecular complexity index is 2270. The Labute approximate surface area is 284 Å². The molecule has 0 fully saturated rings. The summed E-state index contributed by atoms with van der Waals surface area (Å²) >= 11 is 0. The minimum Gasteiger partial charge on any atom is -0.309 e. The molecule has 8 aromatic rings. The standard InChI is InChI=1S/C46H44N2/c1-7-45(3,4)33-21-27-43-39(29-33)37-13-9-11-15-41(37)47(43)35-23-17-31(18-24-35)32-19-25-36(26-20-32)48-42-16-12-10-14-38(42)40-30-34(22-28-44(40)48)46(5,6)8-2/h9-30H,7-8H2,1-6H3. The Morgan fingerprint density at radius 3 is 1.12 bits per heavy atom. The van der Waals surface area contributed by atoms with Gasteiger partial charge in [-0.15, -0.1) is 0 Å². The normalized spacial score (nSPS) is 12.5. The number of para-hydroxylation sites is 2. The summed E-state index contributed by atoms with van der Waals surface area (Å²) in [5.41, 5.74) is 12.9. The predicted octanol–water partition coefficient (Wildman–Crippen LogP) is 12.9. The first-order chi connectivity index (χ1) is 23.2. The third-order valence-electron chi connectivity index (χ3n) is 11.3. The van der Waals surface area contributed by atoms with Crippen molar-refractivity contribution in [1.29, 1.82) is 0 Å². The highest BCUT2D eigenvalue weighted by molar-refractivity contribution is 6.10. The molecule has 0 N–H and O–H groups in total. The average Bonchev–Trinajstić information content (AvgIpc) is 3.64. The average molecular weight is 625 g/mol. The number of hydrogen-bond acceptors (Lipinski definition) is 0. The zero-order valence-corrected chi connectivity index (χ0v) is 29.0. The van der Waals surface area contributed by atoms with Crippen LogP contribution in [0, 0.1) is 0 Å². The van der Waals surface area contributed by atoms with E-state index in [1.807, 2.05) is 0 Å². The lowest BCUT2D eigenvalue weighted by Gasteiger charge is -2.23. The summed E-state index contributed by atoms with van der Waals surface area (Å²) in [6.45, 7) is 13.9. The molecule has 238 valence electrons. The van der Waals surface area contributed by atoms with Gasteiger partial charge in [-0.05, 0) is 107 Å². The molecular formula is C46H44N2. The highest BCUT2D eigenvalue weighted by Crippen LogP contribution is 2.38. The minimum atomic E-state index is 0.144. The van der Waals surface area contributed by atoms with E-state index < -0.39 is 0 Å². The topological polar surface area (TPSA) is 9.86 Å². The zero-order valence-electron chi connectivity index (χ0n) is 29.0. The fourth-order valence-electron chi connectivity index (χ4n) is 7.36. The van der Waals surface area contributed by atoms with Crippen molar-refractivity contribution < 1.29 is 0 Å². The SMILES string of the molecule is CCC(C)(C)c1ccc2c(c1)c1ccccc1n2-c1ccc(-c2ccc(-n3c4ccccc4c4cc(C(C)(C)CC)ccc43)cc2)cc1. The van der Waals surface area contributed by atoms with Gasteiger partial charge in [0.2, 0.25) is 0 Å². The molecule has 6 aromatic carbocycles. The molecule has 2 aromatic heterocycles. The molecule has 0 amide bonds. The van der Waals surface area contributed by atoms with Crippen LogP contribution >= 0.6 is 0 Å². The second-order valence-corrected chi connectivity index (χ2v) is 14.7. The van der Waals surface area contributed by atoms with Crippen LogP contribution in [-0.2, 0) is 10.8 Å². The second kappa shape index (κ2) is 11.3. The Morgan fingerprint density at radius 2 is 0.750 bits per heavy atom. The van der Waals surface area contributed by atoms with E-state index >= 15 is 0 Å². The Kier molecular flexibility index (Phi) is 7.11. The first kappa shape index (κ1) is 30.3. The molecule has 0 radical (unpaired) electrons. The number of aromatic nitrogens is 2. The number of rotatable bonds is 7. The van der Waals surface area contributed by atoms with Crippen LogP contribution < -0.4 is 0 Å². The highest BCUT2D eigenvalue weighted by Gasteiger charge is 2.22. The summed E-state index contributed by atoms with van der Waals surface area (Å²) in [4.78, 5) is 0. The fraction of sp³-hybridized carbons (Fsp3) is 0.217. The quantitative estimate of drug-likeness (QED) is 0.167. The maximum Gasteiger partial charge on any atom is 0.0541 e. The van der Waals surface area contributed by atoms with Crippen LogP contribution in [0.15, 0.2) is 133 Å². The van der Waals surface area contributed by atoms with Crippen LogP contribution in [0.25, 0.3) is 66.1 Å². The van der Waals surface area contributed by atoms with Gasteiger partial charge in [-0.1, -0.05) is 114 Å². The molecule has 2 heterocycles. The lowest BCUT2D eigenvalue weighted by molar-refractivity contribution is 0.507. The maximum absolute atomic E-state index is 2.41. The molecule has 48 heavy (non-hydrogen) atoms. The van der Waals surface area contributed by atoms with Crippen LogP contribution in [0.4, 0.5) is 0 Å². The fourth-order valence-corrected chi connectivity index (χ4v) is 7.36. The van der Waals surface area contributed by atoms with Crippen LogP contribution in [0.1, 0.15) is 65.5 Å². The van der Waals surface area contributed by atoms with Crippen molar-refractivity contribution >= 4 is 43.6 Å². The number of benzene rings is 6. The van der Waals surface area contributed by atoms with Gasteiger partial charge in [0.15, 0.2) is 0 Å². The summed E-state index contributed by atoms with van der Waals surface area (Å²) in [6.07, 6.45) is 2.22. The smallest absolute Gasteiger partial charge is 0.0541 e. The summed E-state index contributed by atoms with van der Waals surface area (Å²) < 4.78 is 4.82. The molecule has 0 spiro atoms. The van der Waals surface area contributed by atoms with Crippen LogP contribution in [0.3, 0.4) is 0 Å². The summed E-state index contributed by atoms with van der Waals surface area (Å²) in [5.74, 6) is 0. The van der Waals surface area contributed by atoms with E-state index in [0.29, 0.717) is 0 Å². The van der Waals surface area contributed by atoms with Gasteiger partial charge in [0.25, 0.3) is 0 Å². The molecule has 0 saturated carbocycles. The Morgan fingerprint density at radius 1 is 0.396 bits per heavy atom. The maximum atomic E-state index is 2.41. The van der Waals surface area contributed by atoms with Crippen molar-refractivity contribution in [1.82, 2.24) is 9.13 Å². The van der Waals surface area contributed by atoms with E-state index in [-0.39, 0.29) is 10.8 Å². The summed E-state index contributed by atoms with van der Waals surface area (Å²) in [5, 5.41) is 5.24. The first-order valence-electron chi connectivity index (χ1n) is 17.5. The monoisotopic (exact) mass is 624 g/mol. The van der Waals surface area contributed by atoms with Crippen molar-refractivity contribution in [2.75, 3.05) is 0 Å². The number of hydrogen-bond donors (Lipinski definition) is 0. The van der Waals surface area contributed by atoms with E-state index in [1.165, 1.54) is 77.2 Å². The molecule has 0 aliphatic heterocycles. The molecule has 0 bridgehead atoms. The third kappa shape index (κ3) is 4.77. The van der Waals surface area contributed by atoms with Crippen molar-refractivity contribution in [3.05, 3.63) is 145 Å². The van der Waals surface area contributed by atoms with Crippen LogP contribution in [0.2, 0.25) is 0 Å². The molecule has 0 saturated heterocycles. The minimum absolute atomic E-state index is 0.144. The van der Waals surface area contributed by atoms with Gasteiger partial charge >= 0.3 is 0 Å². The molecule has 0 aliphatic rings. The largest absolute Gasteiger partial charge is 0.309 e. The summed E-state index contributed by atoms with van der Waals surface area (Å²) in [6, 6.07) is 49.8. The third-order valence-corrected chi connectivity index (χ3v) is 11.3. The number of fused-ring (bicyclic) bond motifs is 6. The van der Waals surface area contributed by atoms with Gasteiger partial charge in [0, 0.05) is 32.9 Å². The predicted molar refractivity (Wildman–Crippen MR) is 207 cm³/mol. The number of nitrogens with zero attached hydrogens (tertiary/aromatic N) is 2. The van der Waals surface area contributed by atoms with Gasteiger partial charge < -0.3 is 9.13 Å². The molecule has 2 nitrogen and oxygen atoms in total. The van der Waals surface area contributed by atoms with Crippen molar-refractivity contribution in [2.24, 2.45) is 0 Å². The van der Waals surface area contributed by atoms with Crippen molar-refractivity contribution in [3.63, 3.8) is 0 Å². The zero-order chi connectivity index (χ0) is 33.2. The van der Waals surface area contributed by atoms with Gasteiger partial charge in [0.05, 0.1) is 22.1 Å². The Balaban J connectivity index is 1.16. The van der Waals surface area contributed by atoms with E-state index in [9.17, 15) is 0 Å². The lowest BCUT2D eigenvalue weighted by atomic mass is 9.82. The van der Waals surface area contributed by atoms with Gasteiger partial charge in [-0.25, -0.2) is 0 Å². The van der Waals surface area contributed by atoms with Crippen LogP contribution in [-0.4, -0.2) is 9.13 Å². The van der Waals surface area contributed by atoms with Gasteiger partial charge in [-0.2, -0.15) is 0 Å². The summed E-state index contributed by atoms with van der Waals surface area (Å²) in [7, 11) is 0. The molecule has 0 atom stereocenters. The molecule has 0 aliphatic carbocycles. The van der Waals surface area contributed by atoms with E-state index in [1.54, 1.807) is 0 Å². The Hall–Kier alpha value is -5.08. The van der Waals surface area contributed by atoms with E-state index in [2.05, 4.69) is 184 Å². The molecular weight excluding hydrogens is 581 g/mol. The first-order valence-corrected chi connectivity index (χ1v) is 17.5. The van der Waals surface area contributed by atoms with Crippen LogP contribution in [0.5, 0.6) is 0 Å². The van der Waals surface area contributed by atoms with Gasteiger partial charge in [0.1, 0.15) is 0 Å². The van der Waals surface area contributed by atoms with Gasteiger partial charge in [-0.3, -0.25) is 0 Å². The van der Waals surface area contributed by atoms with E-state index in [4.69, 9.17) is 0 Å². The molecule has 8 rings (SSSR count). The molecule has 2 heteroatoms. The molecule has 0 unspecified atom stereocenters. The lowest BCUT2D eigenvalue weighted by Crippen LogP contribution is -2.15. The van der Waals surface area contributed by atoms with Crippen molar-refractivity contribution in [2.45, 2.75) is 65.2 Å².